The Labute approximate surface area is 92.4 Å². The van der Waals surface area contributed by atoms with Crippen LogP contribution in [0.15, 0.2) is 0 Å². The van der Waals surface area contributed by atoms with E-state index in [-0.39, 0.29) is 30.1 Å². The maximum absolute atomic E-state index is 11.5. The molecule has 0 fully saturated rings. The highest BCUT2D eigenvalue weighted by Gasteiger charge is 2.22. The Morgan fingerprint density at radius 2 is 1.80 bits per heavy atom. The molecule has 15 heavy (non-hydrogen) atoms. The summed E-state index contributed by atoms with van der Waals surface area (Å²) in [4.78, 5) is 11.5. The summed E-state index contributed by atoms with van der Waals surface area (Å²) in [5.74, 6) is -0.0457. The molecular weight excluding hydrogens is 192 g/mol. The third kappa shape index (κ3) is 6.47. The molecule has 1 amide bonds. The summed E-state index contributed by atoms with van der Waals surface area (Å²) in [7, 11) is 0. The number of hydrogen-bond donors (Lipinski definition) is 3. The lowest BCUT2D eigenvalue weighted by molar-refractivity contribution is -0.122. The van der Waals surface area contributed by atoms with Crippen molar-refractivity contribution in [3.05, 3.63) is 0 Å². The highest BCUT2D eigenvalue weighted by atomic mass is 16.3. The van der Waals surface area contributed by atoms with Crippen LogP contribution in [0.5, 0.6) is 0 Å². The van der Waals surface area contributed by atoms with Crippen molar-refractivity contribution < 1.29 is 9.90 Å². The molecule has 0 spiro atoms. The Morgan fingerprint density at radius 3 is 2.13 bits per heavy atom. The molecule has 0 radical (unpaired) electrons. The van der Waals surface area contributed by atoms with Crippen LogP contribution < -0.4 is 10.6 Å². The zero-order chi connectivity index (χ0) is 12.1. The molecule has 4 heteroatoms. The minimum Gasteiger partial charge on any atom is -0.394 e. The molecule has 0 aliphatic carbocycles. The minimum absolute atomic E-state index is 0.0340. The number of amides is 1. The molecular formula is C11H24N2O2. The third-order valence-corrected chi connectivity index (χ3v) is 2.32. The highest BCUT2D eigenvalue weighted by Crippen LogP contribution is 2.06. The number of carbonyl (C=O) groups is 1. The number of hydrogen-bond acceptors (Lipinski definition) is 3. The minimum atomic E-state index is -0.366. The molecule has 3 N–H and O–H groups in total. The van der Waals surface area contributed by atoms with Gasteiger partial charge in [0.1, 0.15) is 0 Å². The van der Waals surface area contributed by atoms with E-state index in [9.17, 15) is 4.79 Å². The monoisotopic (exact) mass is 216 g/mol. The van der Waals surface area contributed by atoms with Gasteiger partial charge in [0.25, 0.3) is 0 Å². The van der Waals surface area contributed by atoms with Crippen LogP contribution in [0.4, 0.5) is 0 Å². The topological polar surface area (TPSA) is 61.4 Å². The molecule has 0 aromatic heterocycles. The largest absolute Gasteiger partial charge is 0.394 e. The van der Waals surface area contributed by atoms with Gasteiger partial charge in [0, 0.05) is 11.1 Å². The Kier molecular flexibility index (Phi) is 5.24. The summed E-state index contributed by atoms with van der Waals surface area (Å²) < 4.78 is 0. The Hall–Kier alpha value is -0.610. The van der Waals surface area contributed by atoms with Crippen LogP contribution in [0.1, 0.15) is 41.0 Å². The summed E-state index contributed by atoms with van der Waals surface area (Å²) in [6, 6.07) is 0. The van der Waals surface area contributed by atoms with Gasteiger partial charge in [0.05, 0.1) is 13.2 Å². The standard InChI is InChI=1S/C11H24N2O2/c1-6-11(5,8-14)12-7-9(15)13-10(2,3)4/h12,14H,6-8H2,1-5H3,(H,13,15). The molecule has 0 aromatic rings. The second kappa shape index (κ2) is 5.47. The summed E-state index contributed by atoms with van der Waals surface area (Å²) in [6.07, 6.45) is 0.784. The predicted molar refractivity (Wildman–Crippen MR) is 61.7 cm³/mol. The number of rotatable bonds is 5. The van der Waals surface area contributed by atoms with E-state index in [1.807, 2.05) is 34.6 Å². The molecule has 0 aliphatic heterocycles. The van der Waals surface area contributed by atoms with Gasteiger partial charge >= 0.3 is 0 Å². The normalized spacial score (nSPS) is 15.9. The first-order valence-electron chi connectivity index (χ1n) is 5.39. The first kappa shape index (κ1) is 14.4. The van der Waals surface area contributed by atoms with E-state index < -0.39 is 0 Å². The van der Waals surface area contributed by atoms with E-state index in [0.717, 1.165) is 6.42 Å². The molecule has 0 bridgehead atoms. The Morgan fingerprint density at radius 1 is 1.27 bits per heavy atom. The van der Waals surface area contributed by atoms with Gasteiger partial charge in [-0.3, -0.25) is 4.79 Å². The van der Waals surface area contributed by atoms with E-state index in [2.05, 4.69) is 10.6 Å². The zero-order valence-electron chi connectivity index (χ0n) is 10.5. The Bertz CT molecular complexity index is 205. The molecule has 0 heterocycles. The van der Waals surface area contributed by atoms with Gasteiger partial charge in [0.15, 0.2) is 0 Å². The molecule has 0 aliphatic rings. The van der Waals surface area contributed by atoms with Crippen molar-refractivity contribution in [2.45, 2.75) is 52.1 Å². The van der Waals surface area contributed by atoms with Gasteiger partial charge in [-0.2, -0.15) is 0 Å². The summed E-state index contributed by atoms with van der Waals surface area (Å²) in [5.41, 5.74) is -0.574. The van der Waals surface area contributed by atoms with Gasteiger partial charge in [0.2, 0.25) is 5.91 Å². The van der Waals surface area contributed by atoms with Crippen LogP contribution in [0.3, 0.4) is 0 Å². The van der Waals surface area contributed by atoms with Gasteiger partial charge in [-0.05, 0) is 34.1 Å². The highest BCUT2D eigenvalue weighted by molar-refractivity contribution is 5.78. The molecule has 1 atom stereocenters. The first-order chi connectivity index (χ1) is 6.72. The average molecular weight is 216 g/mol. The van der Waals surface area contributed by atoms with Crippen LogP contribution >= 0.6 is 0 Å². The van der Waals surface area contributed by atoms with Crippen molar-refractivity contribution >= 4 is 5.91 Å². The number of aliphatic hydroxyl groups is 1. The van der Waals surface area contributed by atoms with E-state index in [0.29, 0.717) is 0 Å². The lowest BCUT2D eigenvalue weighted by Gasteiger charge is -2.28. The number of carbonyl (C=O) groups excluding carboxylic acids is 1. The van der Waals surface area contributed by atoms with Crippen LogP contribution in [0, 0.1) is 0 Å². The van der Waals surface area contributed by atoms with Crippen LogP contribution in [0.2, 0.25) is 0 Å². The van der Waals surface area contributed by atoms with Gasteiger partial charge in [-0.25, -0.2) is 0 Å². The maximum atomic E-state index is 11.5. The van der Waals surface area contributed by atoms with Crippen molar-refractivity contribution in [1.82, 2.24) is 10.6 Å². The average Bonchev–Trinajstić information content (AvgIpc) is 2.12. The van der Waals surface area contributed by atoms with E-state index in [1.54, 1.807) is 0 Å². The van der Waals surface area contributed by atoms with Crippen LogP contribution in [0.25, 0.3) is 0 Å². The molecule has 90 valence electrons. The van der Waals surface area contributed by atoms with Crippen LogP contribution in [-0.2, 0) is 4.79 Å². The van der Waals surface area contributed by atoms with Crippen molar-refractivity contribution in [2.75, 3.05) is 13.2 Å². The Balaban J connectivity index is 4.00. The smallest absolute Gasteiger partial charge is 0.234 e. The summed E-state index contributed by atoms with van der Waals surface area (Å²) >= 11 is 0. The molecule has 0 rings (SSSR count). The fourth-order valence-electron chi connectivity index (χ4n) is 1.05. The van der Waals surface area contributed by atoms with Crippen molar-refractivity contribution in [3.63, 3.8) is 0 Å². The molecule has 0 saturated heterocycles. The zero-order valence-corrected chi connectivity index (χ0v) is 10.5. The van der Waals surface area contributed by atoms with Gasteiger partial charge < -0.3 is 15.7 Å². The van der Waals surface area contributed by atoms with Crippen LogP contribution in [-0.4, -0.2) is 35.2 Å². The molecule has 0 aromatic carbocycles. The first-order valence-corrected chi connectivity index (χ1v) is 5.39. The fourth-order valence-corrected chi connectivity index (χ4v) is 1.05. The maximum Gasteiger partial charge on any atom is 0.234 e. The van der Waals surface area contributed by atoms with E-state index >= 15 is 0 Å². The quantitative estimate of drug-likeness (QED) is 0.632. The lowest BCUT2D eigenvalue weighted by atomic mass is 10.0. The van der Waals surface area contributed by atoms with Crippen molar-refractivity contribution in [2.24, 2.45) is 0 Å². The number of nitrogens with one attached hydrogen (secondary N) is 2. The van der Waals surface area contributed by atoms with Gasteiger partial charge in [-0.15, -0.1) is 0 Å². The van der Waals surface area contributed by atoms with E-state index in [1.165, 1.54) is 0 Å². The lowest BCUT2D eigenvalue weighted by Crippen LogP contribution is -2.52. The molecule has 0 saturated carbocycles. The third-order valence-electron chi connectivity index (χ3n) is 2.32. The predicted octanol–water partition coefficient (Wildman–Crippen LogP) is 0.652. The van der Waals surface area contributed by atoms with Crippen molar-refractivity contribution in [1.29, 1.82) is 0 Å². The summed E-state index contributed by atoms with van der Waals surface area (Å²) in [5, 5.41) is 15.0. The van der Waals surface area contributed by atoms with Crippen molar-refractivity contribution in [3.8, 4) is 0 Å². The second-order valence-electron chi connectivity index (χ2n) is 5.22. The number of aliphatic hydroxyl groups excluding tert-OH is 1. The SMILES string of the molecule is CCC(C)(CO)NCC(=O)NC(C)(C)C. The fraction of sp³-hybridized carbons (Fsp3) is 0.909. The van der Waals surface area contributed by atoms with Gasteiger partial charge in [-0.1, -0.05) is 6.92 Å². The molecule has 1 unspecified atom stereocenters. The summed E-state index contributed by atoms with van der Waals surface area (Å²) in [6.45, 7) is 9.97. The van der Waals surface area contributed by atoms with E-state index in [4.69, 9.17) is 5.11 Å². The molecule has 4 nitrogen and oxygen atoms in total. The second-order valence-corrected chi connectivity index (χ2v) is 5.22.